The molecule has 4 nitrogen and oxygen atoms in total. The maximum Gasteiger partial charge on any atom is 0.243 e. The van der Waals surface area contributed by atoms with Gasteiger partial charge < -0.3 is 5.32 Å². The van der Waals surface area contributed by atoms with Gasteiger partial charge in [0.25, 0.3) is 0 Å². The topological polar surface area (TPSA) is 49.4 Å². The van der Waals surface area contributed by atoms with Crippen molar-refractivity contribution in [2.75, 3.05) is 20.1 Å². The molecule has 1 unspecified atom stereocenters. The Morgan fingerprint density at radius 1 is 1.43 bits per heavy atom. The smallest absolute Gasteiger partial charge is 0.243 e. The summed E-state index contributed by atoms with van der Waals surface area (Å²) in [6.45, 7) is 2.57. The van der Waals surface area contributed by atoms with Crippen molar-refractivity contribution in [2.24, 2.45) is 0 Å². The summed E-state index contributed by atoms with van der Waals surface area (Å²) in [4.78, 5) is 0.169. The van der Waals surface area contributed by atoms with Crippen LogP contribution >= 0.6 is 28.3 Å². The van der Waals surface area contributed by atoms with Gasteiger partial charge in [-0.25, -0.2) is 12.8 Å². The van der Waals surface area contributed by atoms with Gasteiger partial charge in [0.2, 0.25) is 10.0 Å². The molecule has 0 aromatic heterocycles. The van der Waals surface area contributed by atoms with Crippen molar-refractivity contribution in [3.63, 3.8) is 0 Å². The van der Waals surface area contributed by atoms with Crippen molar-refractivity contribution < 1.29 is 12.8 Å². The highest BCUT2D eigenvalue weighted by molar-refractivity contribution is 9.10. The van der Waals surface area contributed by atoms with Gasteiger partial charge in [-0.2, -0.15) is 4.31 Å². The van der Waals surface area contributed by atoms with Gasteiger partial charge in [-0.05, 0) is 60.4 Å². The number of nitrogens with zero attached hydrogens (tertiary/aromatic N) is 1. The van der Waals surface area contributed by atoms with E-state index < -0.39 is 15.8 Å². The lowest BCUT2D eigenvalue weighted by Crippen LogP contribution is -2.46. The third-order valence-corrected chi connectivity index (χ3v) is 6.24. The molecule has 1 heterocycles. The van der Waals surface area contributed by atoms with E-state index in [2.05, 4.69) is 21.2 Å². The molecule has 1 saturated heterocycles. The van der Waals surface area contributed by atoms with Gasteiger partial charge in [0.15, 0.2) is 0 Å². The summed E-state index contributed by atoms with van der Waals surface area (Å²) >= 11 is 3.05. The van der Waals surface area contributed by atoms with Crippen LogP contribution in [-0.2, 0) is 10.0 Å². The molecule has 0 aliphatic carbocycles. The average Bonchev–Trinajstić information content (AvgIpc) is 2.42. The molecule has 21 heavy (non-hydrogen) atoms. The summed E-state index contributed by atoms with van der Waals surface area (Å²) in [7, 11) is -1.74. The second kappa shape index (κ2) is 7.37. The van der Waals surface area contributed by atoms with Crippen LogP contribution in [0.2, 0.25) is 0 Å². The molecule has 0 bridgehead atoms. The normalized spacial score (nSPS) is 20.1. The molecule has 120 valence electrons. The zero-order valence-electron chi connectivity index (χ0n) is 11.9. The predicted molar refractivity (Wildman–Crippen MR) is 86.9 cm³/mol. The van der Waals surface area contributed by atoms with E-state index in [9.17, 15) is 12.8 Å². The van der Waals surface area contributed by atoms with Crippen molar-refractivity contribution in [3.8, 4) is 0 Å². The highest BCUT2D eigenvalue weighted by atomic mass is 79.9. The minimum Gasteiger partial charge on any atom is -0.316 e. The molecule has 0 spiro atoms. The van der Waals surface area contributed by atoms with Crippen LogP contribution in [0.25, 0.3) is 0 Å². The van der Waals surface area contributed by atoms with Gasteiger partial charge in [0.1, 0.15) is 5.82 Å². The molecule has 1 aliphatic heterocycles. The van der Waals surface area contributed by atoms with Crippen molar-refractivity contribution in [1.82, 2.24) is 9.62 Å². The van der Waals surface area contributed by atoms with Gasteiger partial charge in [-0.15, -0.1) is 12.4 Å². The SMILES string of the molecule is CNC1CCCN(S(=O)(=O)c2cc(Br)c(F)cc2C)C1.Cl. The fourth-order valence-electron chi connectivity index (χ4n) is 2.44. The first-order valence-corrected chi connectivity index (χ1v) is 8.72. The second-order valence-electron chi connectivity index (χ2n) is 5.02. The average molecular weight is 402 g/mol. The van der Waals surface area contributed by atoms with Crippen LogP contribution in [0, 0.1) is 12.7 Å². The largest absolute Gasteiger partial charge is 0.316 e. The minimum atomic E-state index is -3.58. The van der Waals surface area contributed by atoms with E-state index in [1.165, 1.54) is 16.4 Å². The van der Waals surface area contributed by atoms with E-state index in [1.54, 1.807) is 6.92 Å². The van der Waals surface area contributed by atoms with Gasteiger partial charge in [-0.3, -0.25) is 0 Å². The van der Waals surface area contributed by atoms with E-state index in [0.717, 1.165) is 12.8 Å². The number of nitrogens with one attached hydrogen (secondary N) is 1. The number of benzene rings is 1. The first-order chi connectivity index (χ1) is 9.36. The number of likely N-dealkylation sites (N-methyl/N-ethyl adjacent to an activating group) is 1. The van der Waals surface area contributed by atoms with E-state index >= 15 is 0 Å². The van der Waals surface area contributed by atoms with Crippen LogP contribution in [0.15, 0.2) is 21.5 Å². The fraction of sp³-hybridized carbons (Fsp3) is 0.538. The number of hydrogen-bond donors (Lipinski definition) is 1. The lowest BCUT2D eigenvalue weighted by Gasteiger charge is -2.32. The monoisotopic (exact) mass is 400 g/mol. The summed E-state index contributed by atoms with van der Waals surface area (Å²) < 4.78 is 40.5. The number of halogens is 3. The first kappa shape index (κ1) is 18.8. The minimum absolute atomic E-state index is 0. The van der Waals surface area contributed by atoms with E-state index in [-0.39, 0.29) is 27.8 Å². The van der Waals surface area contributed by atoms with Crippen LogP contribution in [-0.4, -0.2) is 38.9 Å². The van der Waals surface area contributed by atoms with Crippen LogP contribution in [0.5, 0.6) is 0 Å². The molecule has 1 fully saturated rings. The Hall–Kier alpha value is -0.210. The number of rotatable bonds is 3. The standard InChI is InChI=1S/C13H18BrFN2O2S.ClH/c1-9-6-12(15)11(14)7-13(9)20(18,19)17-5-3-4-10(8-17)16-2;/h6-7,10,16H,3-5,8H2,1-2H3;1H. The lowest BCUT2D eigenvalue weighted by molar-refractivity contribution is 0.292. The van der Waals surface area contributed by atoms with Crippen molar-refractivity contribution >= 4 is 38.4 Å². The van der Waals surface area contributed by atoms with E-state index in [0.29, 0.717) is 18.7 Å². The molecule has 8 heteroatoms. The van der Waals surface area contributed by atoms with Gasteiger partial charge in [-0.1, -0.05) is 0 Å². The van der Waals surface area contributed by atoms with Crippen molar-refractivity contribution in [2.45, 2.75) is 30.7 Å². The zero-order valence-corrected chi connectivity index (χ0v) is 15.1. The molecule has 2 rings (SSSR count). The molecule has 0 saturated carbocycles. The fourth-order valence-corrected chi connectivity index (χ4v) is 4.69. The Labute approximate surface area is 139 Å². The molecule has 1 N–H and O–H groups in total. The molecule has 0 radical (unpaired) electrons. The number of aryl methyl sites for hydroxylation is 1. The molecule has 1 aromatic carbocycles. The van der Waals surface area contributed by atoms with E-state index in [1.807, 2.05) is 7.05 Å². The Morgan fingerprint density at radius 2 is 2.10 bits per heavy atom. The highest BCUT2D eigenvalue weighted by Gasteiger charge is 2.31. The molecule has 0 amide bonds. The Bertz CT molecular complexity index is 612. The zero-order chi connectivity index (χ0) is 14.9. The van der Waals surface area contributed by atoms with Crippen LogP contribution in [0.4, 0.5) is 4.39 Å². The first-order valence-electron chi connectivity index (χ1n) is 6.49. The maximum atomic E-state index is 13.4. The van der Waals surface area contributed by atoms with Gasteiger partial charge in [0, 0.05) is 19.1 Å². The molecule has 1 aromatic rings. The van der Waals surface area contributed by atoms with Crippen LogP contribution in [0.3, 0.4) is 0 Å². The summed E-state index contributed by atoms with van der Waals surface area (Å²) in [6, 6.07) is 2.77. The quantitative estimate of drug-likeness (QED) is 0.847. The number of piperidine rings is 1. The van der Waals surface area contributed by atoms with Crippen molar-refractivity contribution in [3.05, 3.63) is 28.0 Å². The van der Waals surface area contributed by atoms with Gasteiger partial charge >= 0.3 is 0 Å². The van der Waals surface area contributed by atoms with Crippen molar-refractivity contribution in [1.29, 1.82) is 0 Å². The summed E-state index contributed by atoms with van der Waals surface area (Å²) in [5, 5.41) is 3.12. The number of sulfonamides is 1. The molecule has 1 aliphatic rings. The Morgan fingerprint density at radius 3 is 2.71 bits per heavy atom. The third kappa shape index (κ3) is 3.96. The molecular formula is C13H19BrClFN2O2S. The second-order valence-corrected chi connectivity index (χ2v) is 7.78. The highest BCUT2D eigenvalue weighted by Crippen LogP contribution is 2.28. The van der Waals surface area contributed by atoms with Gasteiger partial charge in [0.05, 0.1) is 9.37 Å². The molecular weight excluding hydrogens is 383 g/mol. The van der Waals surface area contributed by atoms with Crippen LogP contribution in [0.1, 0.15) is 18.4 Å². The molecule has 1 atom stereocenters. The number of hydrogen-bond acceptors (Lipinski definition) is 3. The Kier molecular flexibility index (Phi) is 6.61. The third-order valence-electron chi connectivity index (χ3n) is 3.63. The van der Waals surface area contributed by atoms with E-state index in [4.69, 9.17) is 0 Å². The summed E-state index contributed by atoms with van der Waals surface area (Å²) in [5.41, 5.74) is 0.428. The lowest BCUT2D eigenvalue weighted by atomic mass is 10.1. The summed E-state index contributed by atoms with van der Waals surface area (Å²) in [5.74, 6) is -0.451. The van der Waals surface area contributed by atoms with Crippen LogP contribution < -0.4 is 5.32 Å². The predicted octanol–water partition coefficient (Wildman–Crippen LogP) is 2.69. The maximum absolute atomic E-state index is 13.4. The summed E-state index contributed by atoms with van der Waals surface area (Å²) in [6.07, 6.45) is 1.79. The Balaban J connectivity index is 0.00000220.